The molecule has 1 aromatic heterocycles. The van der Waals surface area contributed by atoms with Crippen LogP contribution in [0.5, 0.6) is 5.75 Å². The Balaban J connectivity index is 2.19. The molecule has 1 atom stereocenters. The van der Waals surface area contributed by atoms with Gasteiger partial charge in [-0.25, -0.2) is 0 Å². The van der Waals surface area contributed by atoms with Crippen molar-refractivity contribution in [1.29, 1.82) is 0 Å². The van der Waals surface area contributed by atoms with Gasteiger partial charge in [0, 0.05) is 20.9 Å². The van der Waals surface area contributed by atoms with E-state index in [1.165, 1.54) is 22.0 Å². The van der Waals surface area contributed by atoms with Crippen molar-refractivity contribution in [2.24, 2.45) is 5.73 Å². The molecule has 0 amide bonds. The van der Waals surface area contributed by atoms with E-state index in [-0.39, 0.29) is 0 Å². The maximum Gasteiger partial charge on any atom is 0.128 e. The van der Waals surface area contributed by atoms with Gasteiger partial charge in [-0.3, -0.25) is 0 Å². The highest BCUT2D eigenvalue weighted by Gasteiger charge is 2.18. The molecule has 0 aliphatic heterocycles. The fourth-order valence-electron chi connectivity index (χ4n) is 3.62. The van der Waals surface area contributed by atoms with Crippen LogP contribution in [0.2, 0.25) is 0 Å². The molecule has 0 radical (unpaired) electrons. The molecule has 0 aliphatic carbocycles. The van der Waals surface area contributed by atoms with Crippen LogP contribution in [0.15, 0.2) is 40.9 Å². The van der Waals surface area contributed by atoms with Gasteiger partial charge in [-0.1, -0.05) is 35.8 Å². The van der Waals surface area contributed by atoms with Crippen molar-refractivity contribution in [3.63, 3.8) is 0 Å². The predicted molar refractivity (Wildman–Crippen MR) is 119 cm³/mol. The van der Waals surface area contributed by atoms with E-state index in [1.807, 2.05) is 12.1 Å². The topological polar surface area (TPSA) is 51.0 Å². The monoisotopic (exact) mass is 428 g/mol. The number of fused-ring (bicyclic) bond motifs is 1. The first kappa shape index (κ1) is 20.0. The number of benzene rings is 2. The second kappa shape index (κ2) is 8.94. The molecule has 144 valence electrons. The summed E-state index contributed by atoms with van der Waals surface area (Å²) in [6, 6.07) is 13.0. The smallest absolute Gasteiger partial charge is 0.128 e. The Morgan fingerprint density at radius 2 is 1.96 bits per heavy atom. The zero-order valence-electron chi connectivity index (χ0n) is 16.4. The van der Waals surface area contributed by atoms with Gasteiger partial charge >= 0.3 is 0 Å². The van der Waals surface area contributed by atoms with E-state index in [0.29, 0.717) is 5.92 Å². The van der Waals surface area contributed by atoms with E-state index in [1.54, 1.807) is 7.11 Å². The van der Waals surface area contributed by atoms with Gasteiger partial charge in [0.05, 0.1) is 12.8 Å². The molecule has 1 unspecified atom stereocenters. The Morgan fingerprint density at radius 3 is 2.67 bits per heavy atom. The number of rotatable bonds is 8. The van der Waals surface area contributed by atoms with Crippen molar-refractivity contribution < 1.29 is 4.74 Å². The first-order valence-corrected chi connectivity index (χ1v) is 10.6. The van der Waals surface area contributed by atoms with E-state index in [9.17, 15) is 0 Å². The minimum absolute atomic E-state index is 0.560. The summed E-state index contributed by atoms with van der Waals surface area (Å²) in [5.74, 6) is 1.44. The third-order valence-electron chi connectivity index (χ3n) is 5.42. The normalized spacial score (nSPS) is 12.5. The number of ether oxygens (including phenoxy) is 1. The standard InChI is InChI=1S/C23H29BrN2O/c1-4-15(2)16-8-10-21-19(13-16)18(7-5-6-12-25)23(26-21)20-14-17(24)9-11-22(20)27-3/h8-11,13-15,26H,4-7,12,25H2,1-3H3. The van der Waals surface area contributed by atoms with E-state index in [4.69, 9.17) is 10.5 Å². The van der Waals surface area contributed by atoms with Crippen LogP contribution in [0.3, 0.4) is 0 Å². The van der Waals surface area contributed by atoms with Crippen LogP contribution < -0.4 is 10.5 Å². The predicted octanol–water partition coefficient (Wildman–Crippen LogP) is 6.40. The molecule has 1 heterocycles. The highest BCUT2D eigenvalue weighted by molar-refractivity contribution is 9.10. The lowest BCUT2D eigenvalue weighted by Crippen LogP contribution is -1.99. The molecule has 3 aromatic rings. The molecule has 3 N–H and O–H groups in total. The number of hydrogen-bond donors (Lipinski definition) is 2. The molecule has 0 bridgehead atoms. The third-order valence-corrected chi connectivity index (χ3v) is 5.92. The maximum atomic E-state index is 5.74. The molecule has 0 spiro atoms. The van der Waals surface area contributed by atoms with Crippen LogP contribution >= 0.6 is 15.9 Å². The van der Waals surface area contributed by atoms with Crippen molar-refractivity contribution in [1.82, 2.24) is 4.98 Å². The Kier molecular flexibility index (Phi) is 6.61. The fourth-order valence-corrected chi connectivity index (χ4v) is 3.98. The number of nitrogens with two attached hydrogens (primary N) is 1. The largest absolute Gasteiger partial charge is 0.496 e. The zero-order chi connectivity index (χ0) is 19.4. The first-order chi connectivity index (χ1) is 13.1. The highest BCUT2D eigenvalue weighted by atomic mass is 79.9. The molecule has 2 aromatic carbocycles. The maximum absolute atomic E-state index is 5.74. The lowest BCUT2D eigenvalue weighted by Gasteiger charge is -2.11. The van der Waals surface area contributed by atoms with E-state index >= 15 is 0 Å². The van der Waals surface area contributed by atoms with Crippen molar-refractivity contribution in [3.05, 3.63) is 52.0 Å². The number of aromatic amines is 1. The fraction of sp³-hybridized carbons (Fsp3) is 0.391. The van der Waals surface area contributed by atoms with E-state index in [0.717, 1.165) is 53.7 Å². The van der Waals surface area contributed by atoms with Crippen LogP contribution in [0.25, 0.3) is 22.2 Å². The Morgan fingerprint density at radius 1 is 1.15 bits per heavy atom. The van der Waals surface area contributed by atoms with Crippen molar-refractivity contribution >= 4 is 26.8 Å². The molecule has 0 aliphatic rings. The third kappa shape index (κ3) is 4.22. The minimum atomic E-state index is 0.560. The average Bonchev–Trinajstić information content (AvgIpc) is 3.05. The minimum Gasteiger partial charge on any atom is -0.496 e. The zero-order valence-corrected chi connectivity index (χ0v) is 18.0. The Labute approximate surface area is 170 Å². The summed E-state index contributed by atoms with van der Waals surface area (Å²) in [7, 11) is 1.73. The lowest BCUT2D eigenvalue weighted by molar-refractivity contribution is 0.416. The first-order valence-electron chi connectivity index (χ1n) is 9.77. The van der Waals surface area contributed by atoms with Crippen LogP contribution in [-0.4, -0.2) is 18.6 Å². The second-order valence-electron chi connectivity index (χ2n) is 7.18. The van der Waals surface area contributed by atoms with Crippen LogP contribution in [0, 0.1) is 0 Å². The molecular weight excluding hydrogens is 400 g/mol. The number of halogens is 1. The van der Waals surface area contributed by atoms with Gasteiger partial charge in [0.1, 0.15) is 5.75 Å². The number of aryl methyl sites for hydroxylation is 1. The van der Waals surface area contributed by atoms with Gasteiger partial charge < -0.3 is 15.5 Å². The number of hydrogen-bond acceptors (Lipinski definition) is 2. The number of H-pyrrole nitrogens is 1. The van der Waals surface area contributed by atoms with Crippen LogP contribution in [0.1, 0.15) is 50.2 Å². The lowest BCUT2D eigenvalue weighted by atomic mass is 9.94. The van der Waals surface area contributed by atoms with Crippen molar-refractivity contribution in [3.8, 4) is 17.0 Å². The van der Waals surface area contributed by atoms with E-state index < -0.39 is 0 Å². The summed E-state index contributed by atoms with van der Waals surface area (Å²) in [5, 5.41) is 1.32. The Bertz CT molecular complexity index is 916. The molecule has 4 heteroatoms. The molecule has 0 fully saturated rings. The number of nitrogens with one attached hydrogen (secondary N) is 1. The number of unbranched alkanes of at least 4 members (excludes halogenated alkanes) is 1. The molecule has 0 saturated heterocycles. The number of methoxy groups -OCH3 is 1. The highest BCUT2D eigenvalue weighted by Crippen LogP contribution is 2.39. The van der Waals surface area contributed by atoms with Gasteiger partial charge in [0.25, 0.3) is 0 Å². The summed E-state index contributed by atoms with van der Waals surface area (Å²) in [6.45, 7) is 5.27. The SMILES string of the molecule is CCC(C)c1ccc2[nH]c(-c3cc(Br)ccc3OC)c(CCCCN)c2c1. The molecular formula is C23H29BrN2O. The molecule has 0 saturated carbocycles. The summed E-state index contributed by atoms with van der Waals surface area (Å²) in [6.07, 6.45) is 4.27. The summed E-state index contributed by atoms with van der Waals surface area (Å²) < 4.78 is 6.70. The quantitative estimate of drug-likeness (QED) is 0.407. The van der Waals surface area contributed by atoms with Gasteiger partial charge in [0.15, 0.2) is 0 Å². The van der Waals surface area contributed by atoms with Crippen molar-refractivity contribution in [2.75, 3.05) is 13.7 Å². The average molecular weight is 429 g/mol. The second-order valence-corrected chi connectivity index (χ2v) is 8.10. The summed E-state index contributed by atoms with van der Waals surface area (Å²) in [4.78, 5) is 3.66. The molecule has 3 nitrogen and oxygen atoms in total. The van der Waals surface area contributed by atoms with E-state index in [2.05, 4.69) is 59.0 Å². The Hall–Kier alpha value is -1.78. The van der Waals surface area contributed by atoms with Crippen molar-refractivity contribution in [2.45, 2.75) is 45.4 Å². The molecule has 3 rings (SSSR count). The summed E-state index contributed by atoms with van der Waals surface area (Å²) in [5.41, 5.74) is 11.9. The van der Waals surface area contributed by atoms with Gasteiger partial charge in [-0.2, -0.15) is 0 Å². The number of aromatic nitrogens is 1. The van der Waals surface area contributed by atoms with Crippen LogP contribution in [0.4, 0.5) is 0 Å². The van der Waals surface area contributed by atoms with Gasteiger partial charge in [-0.15, -0.1) is 0 Å². The van der Waals surface area contributed by atoms with Crippen LogP contribution in [-0.2, 0) is 6.42 Å². The molecule has 27 heavy (non-hydrogen) atoms. The van der Waals surface area contributed by atoms with Gasteiger partial charge in [-0.05, 0) is 79.6 Å². The van der Waals surface area contributed by atoms with Gasteiger partial charge in [0.2, 0.25) is 0 Å². The summed E-state index contributed by atoms with van der Waals surface area (Å²) >= 11 is 3.61.